The molecule has 1 aromatic rings. The van der Waals surface area contributed by atoms with E-state index < -0.39 is 11.4 Å². The third-order valence-corrected chi connectivity index (χ3v) is 3.67. The zero-order valence-electron chi connectivity index (χ0n) is 11.2. The maximum Gasteiger partial charge on any atom is 0.251 e. The highest BCUT2D eigenvalue weighted by atomic mass is 19.1. The summed E-state index contributed by atoms with van der Waals surface area (Å²) >= 11 is 0. The van der Waals surface area contributed by atoms with E-state index in [1.165, 1.54) is 12.1 Å². The molecule has 0 aromatic heterocycles. The molecule has 104 valence electrons. The highest BCUT2D eigenvalue weighted by Gasteiger charge is 2.29. The number of aryl methyl sites for hydroxylation is 1. The van der Waals surface area contributed by atoms with E-state index in [2.05, 4.69) is 5.32 Å². The molecule has 0 bridgehead atoms. The van der Waals surface area contributed by atoms with Gasteiger partial charge in [0.2, 0.25) is 0 Å². The van der Waals surface area contributed by atoms with Crippen molar-refractivity contribution >= 4 is 5.91 Å². The maximum atomic E-state index is 13.2. The zero-order chi connectivity index (χ0) is 13.9. The molecule has 1 saturated carbocycles. The van der Waals surface area contributed by atoms with Gasteiger partial charge in [-0.15, -0.1) is 0 Å². The van der Waals surface area contributed by atoms with Crippen molar-refractivity contribution in [3.8, 4) is 0 Å². The quantitative estimate of drug-likeness (QED) is 0.882. The SMILES string of the molecule is Cc1cc(F)cc(C(=O)NCC2(O)CCCCC2)c1. The van der Waals surface area contributed by atoms with Crippen molar-refractivity contribution in [3.05, 3.63) is 35.1 Å². The molecule has 1 aliphatic rings. The van der Waals surface area contributed by atoms with Gasteiger partial charge in [0.1, 0.15) is 5.82 Å². The van der Waals surface area contributed by atoms with Gasteiger partial charge >= 0.3 is 0 Å². The molecule has 2 N–H and O–H groups in total. The van der Waals surface area contributed by atoms with Crippen molar-refractivity contribution in [2.75, 3.05) is 6.54 Å². The molecule has 0 radical (unpaired) electrons. The van der Waals surface area contributed by atoms with Crippen molar-refractivity contribution in [1.82, 2.24) is 5.32 Å². The van der Waals surface area contributed by atoms with E-state index in [-0.39, 0.29) is 12.5 Å². The fourth-order valence-corrected chi connectivity index (χ4v) is 2.60. The lowest BCUT2D eigenvalue weighted by Gasteiger charge is -2.32. The molecule has 1 aromatic carbocycles. The number of hydrogen-bond donors (Lipinski definition) is 2. The fraction of sp³-hybridized carbons (Fsp3) is 0.533. The predicted octanol–water partition coefficient (Wildman–Crippen LogP) is 2.56. The predicted molar refractivity (Wildman–Crippen MR) is 71.5 cm³/mol. The van der Waals surface area contributed by atoms with Crippen LogP contribution in [0, 0.1) is 12.7 Å². The molecule has 0 spiro atoms. The Morgan fingerprint density at radius 3 is 2.63 bits per heavy atom. The average Bonchev–Trinajstić information content (AvgIpc) is 2.36. The molecular formula is C15H20FNO2. The van der Waals surface area contributed by atoms with Gasteiger partial charge in [-0.25, -0.2) is 4.39 Å². The topological polar surface area (TPSA) is 49.3 Å². The molecular weight excluding hydrogens is 245 g/mol. The average molecular weight is 265 g/mol. The Bertz CT molecular complexity index is 447. The second-order valence-corrected chi connectivity index (χ2v) is 5.48. The van der Waals surface area contributed by atoms with Gasteiger partial charge in [-0.3, -0.25) is 4.79 Å². The molecule has 0 aliphatic heterocycles. The third kappa shape index (κ3) is 3.77. The van der Waals surface area contributed by atoms with Crippen LogP contribution in [-0.4, -0.2) is 23.2 Å². The Hall–Kier alpha value is -1.42. The largest absolute Gasteiger partial charge is 0.388 e. The molecule has 1 aliphatic carbocycles. The maximum absolute atomic E-state index is 13.2. The molecule has 1 fully saturated rings. The molecule has 19 heavy (non-hydrogen) atoms. The van der Waals surface area contributed by atoms with E-state index >= 15 is 0 Å². The summed E-state index contributed by atoms with van der Waals surface area (Å²) < 4.78 is 13.2. The lowest BCUT2D eigenvalue weighted by molar-refractivity contribution is 0.00525. The summed E-state index contributed by atoms with van der Waals surface area (Å²) in [5, 5.41) is 13.0. The van der Waals surface area contributed by atoms with Gasteiger partial charge in [0.15, 0.2) is 0 Å². The van der Waals surface area contributed by atoms with E-state index in [9.17, 15) is 14.3 Å². The molecule has 3 nitrogen and oxygen atoms in total. The smallest absolute Gasteiger partial charge is 0.251 e. The summed E-state index contributed by atoms with van der Waals surface area (Å²) in [4.78, 5) is 11.9. The number of carbonyl (C=O) groups excluding carboxylic acids is 1. The van der Waals surface area contributed by atoms with E-state index in [1.54, 1.807) is 13.0 Å². The zero-order valence-corrected chi connectivity index (χ0v) is 11.2. The standard InChI is InChI=1S/C15H20FNO2/c1-11-7-12(9-13(16)8-11)14(18)17-10-15(19)5-3-2-4-6-15/h7-9,19H,2-6,10H2,1H3,(H,17,18). The van der Waals surface area contributed by atoms with Crippen LogP contribution in [0.25, 0.3) is 0 Å². The van der Waals surface area contributed by atoms with E-state index in [0.717, 1.165) is 32.1 Å². The van der Waals surface area contributed by atoms with Crippen LogP contribution < -0.4 is 5.32 Å². The number of carbonyl (C=O) groups is 1. The van der Waals surface area contributed by atoms with Crippen LogP contribution in [0.1, 0.15) is 48.0 Å². The minimum Gasteiger partial charge on any atom is -0.388 e. The highest BCUT2D eigenvalue weighted by Crippen LogP contribution is 2.27. The molecule has 0 unspecified atom stereocenters. The first kappa shape index (κ1) is 14.0. The van der Waals surface area contributed by atoms with Gasteiger partial charge in [0.25, 0.3) is 5.91 Å². The minimum atomic E-state index is -0.795. The van der Waals surface area contributed by atoms with Gasteiger partial charge in [0.05, 0.1) is 5.60 Å². The van der Waals surface area contributed by atoms with Crippen molar-refractivity contribution < 1.29 is 14.3 Å². The first-order valence-electron chi connectivity index (χ1n) is 6.76. The van der Waals surface area contributed by atoms with Crippen LogP contribution in [0.15, 0.2) is 18.2 Å². The normalized spacial score (nSPS) is 18.1. The summed E-state index contributed by atoms with van der Waals surface area (Å²) in [5.41, 5.74) is 0.217. The van der Waals surface area contributed by atoms with Gasteiger partial charge in [-0.2, -0.15) is 0 Å². The third-order valence-electron chi connectivity index (χ3n) is 3.67. The van der Waals surface area contributed by atoms with E-state index in [0.29, 0.717) is 11.1 Å². The van der Waals surface area contributed by atoms with Crippen LogP contribution in [0.5, 0.6) is 0 Å². The summed E-state index contributed by atoms with van der Waals surface area (Å²) in [6.07, 6.45) is 4.56. The van der Waals surface area contributed by atoms with Crippen LogP contribution in [0.3, 0.4) is 0 Å². The monoisotopic (exact) mass is 265 g/mol. The van der Waals surface area contributed by atoms with Crippen molar-refractivity contribution in [2.45, 2.75) is 44.6 Å². The van der Waals surface area contributed by atoms with Crippen molar-refractivity contribution in [2.24, 2.45) is 0 Å². The lowest BCUT2D eigenvalue weighted by atomic mass is 9.85. The lowest BCUT2D eigenvalue weighted by Crippen LogP contribution is -2.44. The van der Waals surface area contributed by atoms with Crippen molar-refractivity contribution in [3.63, 3.8) is 0 Å². The Morgan fingerprint density at radius 1 is 1.32 bits per heavy atom. The van der Waals surface area contributed by atoms with Crippen LogP contribution in [0.4, 0.5) is 4.39 Å². The number of nitrogens with one attached hydrogen (secondary N) is 1. The number of rotatable bonds is 3. The van der Waals surface area contributed by atoms with Crippen LogP contribution in [-0.2, 0) is 0 Å². The molecule has 1 amide bonds. The molecule has 0 heterocycles. The number of aliphatic hydroxyl groups is 1. The first-order chi connectivity index (χ1) is 8.98. The highest BCUT2D eigenvalue weighted by molar-refractivity contribution is 5.94. The molecule has 0 atom stereocenters. The Balaban J connectivity index is 1.97. The number of amides is 1. The van der Waals surface area contributed by atoms with E-state index in [4.69, 9.17) is 0 Å². The first-order valence-corrected chi connectivity index (χ1v) is 6.76. The molecule has 2 rings (SSSR count). The van der Waals surface area contributed by atoms with Gasteiger partial charge in [-0.1, -0.05) is 19.3 Å². The Labute approximate surface area is 112 Å². The molecule has 0 saturated heterocycles. The second-order valence-electron chi connectivity index (χ2n) is 5.48. The van der Waals surface area contributed by atoms with Crippen LogP contribution >= 0.6 is 0 Å². The summed E-state index contributed by atoms with van der Waals surface area (Å²) in [6.45, 7) is 1.98. The summed E-state index contributed by atoms with van der Waals surface area (Å²) in [5.74, 6) is -0.747. The van der Waals surface area contributed by atoms with Crippen LogP contribution in [0.2, 0.25) is 0 Å². The Morgan fingerprint density at radius 2 is 2.00 bits per heavy atom. The second kappa shape index (κ2) is 5.70. The van der Waals surface area contributed by atoms with Gasteiger partial charge < -0.3 is 10.4 Å². The minimum absolute atomic E-state index is 0.237. The summed E-state index contributed by atoms with van der Waals surface area (Å²) in [7, 11) is 0. The number of halogens is 1. The fourth-order valence-electron chi connectivity index (χ4n) is 2.60. The van der Waals surface area contributed by atoms with Gasteiger partial charge in [-0.05, 0) is 43.5 Å². The molecule has 4 heteroatoms. The number of benzene rings is 1. The van der Waals surface area contributed by atoms with Gasteiger partial charge in [0, 0.05) is 12.1 Å². The van der Waals surface area contributed by atoms with Crippen molar-refractivity contribution in [1.29, 1.82) is 0 Å². The number of hydrogen-bond acceptors (Lipinski definition) is 2. The van der Waals surface area contributed by atoms with E-state index in [1.807, 2.05) is 0 Å². The summed E-state index contributed by atoms with van der Waals surface area (Å²) in [6, 6.07) is 4.24. The Kier molecular flexibility index (Phi) is 4.20.